The van der Waals surface area contributed by atoms with E-state index in [0.717, 1.165) is 30.6 Å². The second-order valence-corrected chi connectivity index (χ2v) is 7.58. The Kier molecular flexibility index (Phi) is 3.50. The van der Waals surface area contributed by atoms with Gasteiger partial charge in [-0.1, -0.05) is 31.4 Å². The van der Waals surface area contributed by atoms with Crippen LogP contribution >= 0.6 is 22.9 Å². The molecule has 1 N–H and O–H groups in total. The Morgan fingerprint density at radius 3 is 2.95 bits per heavy atom. The molecule has 3 amide bonds. The summed E-state index contributed by atoms with van der Waals surface area (Å²) in [5.74, 6) is 0.339. The zero-order valence-corrected chi connectivity index (χ0v) is 12.9. The number of urea groups is 1. The van der Waals surface area contributed by atoms with Gasteiger partial charge < -0.3 is 4.90 Å². The molecule has 1 saturated carbocycles. The molecule has 2 aliphatic rings. The van der Waals surface area contributed by atoms with Crippen LogP contribution in [0, 0.1) is 5.92 Å². The number of rotatable bonds is 2. The van der Waals surface area contributed by atoms with Crippen LogP contribution < -0.4 is 5.32 Å². The van der Waals surface area contributed by atoms with Crippen molar-refractivity contribution in [3.05, 3.63) is 21.3 Å². The lowest BCUT2D eigenvalue weighted by molar-refractivity contribution is -0.129. The first kappa shape index (κ1) is 13.9. The Balaban J connectivity index is 1.89. The fraction of sp³-hybridized carbons (Fsp3) is 0.571. The average molecular weight is 313 g/mol. The van der Waals surface area contributed by atoms with Crippen molar-refractivity contribution in [3.63, 3.8) is 0 Å². The van der Waals surface area contributed by atoms with E-state index < -0.39 is 5.54 Å². The van der Waals surface area contributed by atoms with Crippen molar-refractivity contribution < 1.29 is 9.59 Å². The molecule has 1 spiro atoms. The summed E-state index contributed by atoms with van der Waals surface area (Å²) in [6.07, 6.45) is 3.63. The van der Waals surface area contributed by atoms with Crippen LogP contribution in [0.1, 0.15) is 37.5 Å². The molecule has 0 aromatic carbocycles. The van der Waals surface area contributed by atoms with E-state index in [1.807, 2.05) is 12.1 Å². The van der Waals surface area contributed by atoms with Crippen LogP contribution in [-0.4, -0.2) is 22.4 Å². The van der Waals surface area contributed by atoms with Gasteiger partial charge in [-0.25, -0.2) is 4.79 Å². The molecule has 6 heteroatoms. The molecule has 0 radical (unpaired) electrons. The Labute approximate surface area is 127 Å². The number of carbonyl (C=O) groups is 2. The molecule has 1 aromatic heterocycles. The maximum Gasteiger partial charge on any atom is 0.325 e. The first-order valence-corrected chi connectivity index (χ1v) is 8.08. The minimum Gasteiger partial charge on any atom is -0.305 e. The Morgan fingerprint density at radius 1 is 1.50 bits per heavy atom. The van der Waals surface area contributed by atoms with E-state index in [9.17, 15) is 9.59 Å². The highest BCUT2D eigenvalue weighted by Gasteiger charge is 2.54. The van der Waals surface area contributed by atoms with Crippen LogP contribution in [0.4, 0.5) is 4.79 Å². The summed E-state index contributed by atoms with van der Waals surface area (Å²) >= 11 is 7.40. The van der Waals surface area contributed by atoms with Crippen LogP contribution in [0.25, 0.3) is 0 Å². The van der Waals surface area contributed by atoms with Crippen LogP contribution in [0.5, 0.6) is 0 Å². The van der Waals surface area contributed by atoms with Gasteiger partial charge in [-0.2, -0.15) is 0 Å². The molecule has 1 aliphatic carbocycles. The van der Waals surface area contributed by atoms with Crippen molar-refractivity contribution in [2.75, 3.05) is 0 Å². The van der Waals surface area contributed by atoms with Crippen LogP contribution in [0.15, 0.2) is 12.1 Å². The number of halogens is 1. The summed E-state index contributed by atoms with van der Waals surface area (Å²) < 4.78 is 0.706. The third-order valence-corrected chi connectivity index (χ3v) is 5.54. The van der Waals surface area contributed by atoms with Gasteiger partial charge in [0, 0.05) is 4.88 Å². The van der Waals surface area contributed by atoms with Crippen molar-refractivity contribution in [1.29, 1.82) is 0 Å². The molecule has 1 aromatic rings. The summed E-state index contributed by atoms with van der Waals surface area (Å²) in [4.78, 5) is 27.2. The summed E-state index contributed by atoms with van der Waals surface area (Å²) in [6.45, 7) is 2.61. The second-order valence-electron chi connectivity index (χ2n) is 5.78. The van der Waals surface area contributed by atoms with Gasteiger partial charge in [-0.15, -0.1) is 11.3 Å². The predicted molar refractivity (Wildman–Crippen MR) is 78.8 cm³/mol. The minimum atomic E-state index is -0.648. The molecule has 2 heterocycles. The molecule has 4 nitrogen and oxygen atoms in total. The molecule has 2 unspecified atom stereocenters. The lowest BCUT2D eigenvalue weighted by Crippen LogP contribution is -2.51. The van der Waals surface area contributed by atoms with Gasteiger partial charge in [0.2, 0.25) is 0 Å². The summed E-state index contributed by atoms with van der Waals surface area (Å²) in [5.41, 5.74) is -0.648. The molecular formula is C14H17ClN2O2S. The molecule has 1 saturated heterocycles. The molecule has 108 valence electrons. The van der Waals surface area contributed by atoms with Gasteiger partial charge in [0.25, 0.3) is 5.91 Å². The smallest absolute Gasteiger partial charge is 0.305 e. The molecule has 0 bridgehead atoms. The van der Waals surface area contributed by atoms with Crippen molar-refractivity contribution in [2.45, 2.75) is 44.7 Å². The number of hydrogen-bond donors (Lipinski definition) is 1. The van der Waals surface area contributed by atoms with Crippen LogP contribution in [-0.2, 0) is 11.3 Å². The average Bonchev–Trinajstić information content (AvgIpc) is 2.88. The number of thiophene rings is 1. The molecule has 2 atom stereocenters. The van der Waals surface area contributed by atoms with Gasteiger partial charge in [0.15, 0.2) is 0 Å². The second kappa shape index (κ2) is 5.04. The summed E-state index contributed by atoms with van der Waals surface area (Å²) in [7, 11) is 0. The molecule has 3 rings (SSSR count). The van der Waals surface area contributed by atoms with Crippen molar-refractivity contribution >= 4 is 34.9 Å². The van der Waals surface area contributed by atoms with E-state index in [1.165, 1.54) is 11.3 Å². The van der Waals surface area contributed by atoms with E-state index in [2.05, 4.69) is 12.2 Å². The number of imide groups is 1. The van der Waals surface area contributed by atoms with Crippen LogP contribution in [0.3, 0.4) is 0 Å². The van der Waals surface area contributed by atoms with E-state index >= 15 is 0 Å². The topological polar surface area (TPSA) is 49.4 Å². The Morgan fingerprint density at radius 2 is 2.30 bits per heavy atom. The number of amides is 3. The highest BCUT2D eigenvalue weighted by Crippen LogP contribution is 2.41. The van der Waals surface area contributed by atoms with Gasteiger partial charge in [-0.3, -0.25) is 10.1 Å². The van der Waals surface area contributed by atoms with Gasteiger partial charge in [-0.05, 0) is 30.9 Å². The van der Waals surface area contributed by atoms with E-state index in [0.29, 0.717) is 16.8 Å². The van der Waals surface area contributed by atoms with Gasteiger partial charge in [0.1, 0.15) is 5.54 Å². The van der Waals surface area contributed by atoms with Crippen molar-refractivity contribution in [3.8, 4) is 0 Å². The lowest BCUT2D eigenvalue weighted by Gasteiger charge is -2.40. The Bertz CT molecular complexity index is 559. The molecular weight excluding hydrogens is 296 g/mol. The largest absolute Gasteiger partial charge is 0.325 e. The number of carbonyl (C=O) groups excluding carboxylic acids is 2. The number of nitrogens with one attached hydrogen (secondary N) is 1. The maximum atomic E-state index is 12.3. The van der Waals surface area contributed by atoms with E-state index in [-0.39, 0.29) is 11.9 Å². The fourth-order valence-corrected chi connectivity index (χ4v) is 4.47. The monoisotopic (exact) mass is 312 g/mol. The summed E-state index contributed by atoms with van der Waals surface area (Å²) in [5, 5.41) is 2.49. The van der Waals surface area contributed by atoms with Crippen molar-refractivity contribution in [1.82, 2.24) is 10.2 Å². The van der Waals surface area contributed by atoms with E-state index in [1.54, 1.807) is 4.90 Å². The zero-order valence-electron chi connectivity index (χ0n) is 11.3. The molecule has 1 aliphatic heterocycles. The number of hydrogen-bond acceptors (Lipinski definition) is 3. The minimum absolute atomic E-state index is 0.128. The fourth-order valence-electron chi connectivity index (χ4n) is 3.39. The first-order valence-electron chi connectivity index (χ1n) is 6.88. The third-order valence-electron chi connectivity index (χ3n) is 4.32. The zero-order chi connectivity index (χ0) is 14.3. The van der Waals surface area contributed by atoms with Crippen molar-refractivity contribution in [2.24, 2.45) is 5.92 Å². The maximum absolute atomic E-state index is 12.3. The summed E-state index contributed by atoms with van der Waals surface area (Å²) in [6, 6.07) is 3.48. The standard InChI is InChI=1S/C14H17ClN2O2S/c1-9-3-2-6-14(7-9)12(18)16-13(19)17(14)8-10-4-5-11(15)20-10/h4-5,9H,2-3,6-8H2,1H3,(H,16,18,19). The quantitative estimate of drug-likeness (QED) is 0.851. The number of nitrogens with zero attached hydrogens (tertiary/aromatic N) is 1. The SMILES string of the molecule is CC1CCCC2(C1)C(=O)NC(=O)N2Cc1ccc(Cl)s1. The van der Waals surface area contributed by atoms with Gasteiger partial charge in [0.05, 0.1) is 10.9 Å². The highest BCUT2D eigenvalue weighted by atomic mass is 35.5. The predicted octanol–water partition coefficient (Wildman–Crippen LogP) is 3.40. The highest BCUT2D eigenvalue weighted by molar-refractivity contribution is 7.16. The molecule has 2 fully saturated rings. The van der Waals surface area contributed by atoms with Gasteiger partial charge >= 0.3 is 6.03 Å². The third kappa shape index (κ3) is 2.23. The van der Waals surface area contributed by atoms with Crippen LogP contribution in [0.2, 0.25) is 4.34 Å². The Hall–Kier alpha value is -1.07. The normalized spacial score (nSPS) is 30.1. The first-order chi connectivity index (χ1) is 9.51. The molecule has 20 heavy (non-hydrogen) atoms. The van der Waals surface area contributed by atoms with E-state index in [4.69, 9.17) is 11.6 Å². The lowest BCUT2D eigenvalue weighted by atomic mass is 9.75.